The number of benzene rings is 1. The minimum Gasteiger partial charge on any atom is -0.258 e. The van der Waals surface area contributed by atoms with Crippen molar-refractivity contribution in [3.63, 3.8) is 0 Å². The molecule has 0 N–H and O–H groups in total. The van der Waals surface area contributed by atoms with Crippen molar-refractivity contribution in [2.24, 2.45) is 0 Å². The van der Waals surface area contributed by atoms with Crippen molar-refractivity contribution in [3.8, 4) is 22.6 Å². The Hall–Kier alpha value is -3.67. The van der Waals surface area contributed by atoms with Gasteiger partial charge in [0.1, 0.15) is 0 Å². The lowest BCUT2D eigenvalue weighted by molar-refractivity contribution is -0.384. The van der Waals surface area contributed by atoms with Gasteiger partial charge in [-0.2, -0.15) is 0 Å². The van der Waals surface area contributed by atoms with Gasteiger partial charge in [-0.15, -0.1) is 0 Å². The highest BCUT2D eigenvalue weighted by molar-refractivity contribution is 5.91. The van der Waals surface area contributed by atoms with E-state index in [0.717, 1.165) is 16.6 Å². The van der Waals surface area contributed by atoms with Crippen LogP contribution in [0.2, 0.25) is 0 Å². The van der Waals surface area contributed by atoms with Gasteiger partial charge in [0.15, 0.2) is 0 Å². The minimum absolute atomic E-state index is 0.0116. The zero-order valence-corrected chi connectivity index (χ0v) is 13.0. The molecule has 6 nitrogen and oxygen atoms in total. The molecule has 0 saturated heterocycles. The van der Waals surface area contributed by atoms with Crippen LogP contribution in [0.5, 0.6) is 0 Å². The molecule has 3 aromatic heterocycles. The van der Waals surface area contributed by atoms with Crippen molar-refractivity contribution in [1.29, 1.82) is 0 Å². The minimum atomic E-state index is -0.422. The summed E-state index contributed by atoms with van der Waals surface area (Å²) in [5.74, 6) is 0. The molecule has 0 aliphatic heterocycles. The van der Waals surface area contributed by atoms with E-state index in [-0.39, 0.29) is 5.69 Å². The average Bonchev–Trinajstić information content (AvgIpc) is 2.68. The Balaban J connectivity index is 2.02. The van der Waals surface area contributed by atoms with E-state index in [2.05, 4.69) is 15.0 Å². The standard InChI is InChI=1S/C19H12N4O2/c24-23(25)14-8-7-13-11-15(16-5-1-3-9-20-16)19(22-18(13)12-14)17-6-2-4-10-21-17/h1-12H. The first-order chi connectivity index (χ1) is 12.2. The van der Waals surface area contributed by atoms with Gasteiger partial charge < -0.3 is 0 Å². The molecular formula is C19H12N4O2. The van der Waals surface area contributed by atoms with Crippen molar-refractivity contribution in [3.05, 3.63) is 83.2 Å². The number of nitro benzene ring substituents is 1. The van der Waals surface area contributed by atoms with Gasteiger partial charge in [0.25, 0.3) is 5.69 Å². The van der Waals surface area contributed by atoms with Gasteiger partial charge in [-0.3, -0.25) is 20.1 Å². The summed E-state index contributed by atoms with van der Waals surface area (Å²) in [5, 5.41) is 11.9. The van der Waals surface area contributed by atoms with Crippen LogP contribution in [0.4, 0.5) is 5.69 Å². The lowest BCUT2D eigenvalue weighted by Gasteiger charge is -2.10. The molecule has 0 fully saturated rings. The molecule has 0 atom stereocenters. The van der Waals surface area contributed by atoms with E-state index in [1.54, 1.807) is 18.5 Å². The highest BCUT2D eigenvalue weighted by Gasteiger charge is 2.15. The second-order valence-electron chi connectivity index (χ2n) is 5.45. The summed E-state index contributed by atoms with van der Waals surface area (Å²) in [5.41, 5.74) is 3.51. The Morgan fingerprint density at radius 2 is 1.56 bits per heavy atom. The number of hydrogen-bond acceptors (Lipinski definition) is 5. The van der Waals surface area contributed by atoms with E-state index < -0.39 is 4.92 Å². The third-order valence-corrected chi connectivity index (χ3v) is 3.86. The summed E-state index contributed by atoms with van der Waals surface area (Å²) in [6.07, 6.45) is 3.41. The normalized spacial score (nSPS) is 10.7. The highest BCUT2D eigenvalue weighted by Crippen LogP contribution is 2.32. The number of nitrogens with zero attached hydrogens (tertiary/aromatic N) is 4. The Bertz CT molecular complexity index is 1070. The number of hydrogen-bond donors (Lipinski definition) is 0. The Kier molecular flexibility index (Phi) is 3.63. The second-order valence-corrected chi connectivity index (χ2v) is 5.45. The monoisotopic (exact) mass is 328 g/mol. The van der Waals surface area contributed by atoms with Gasteiger partial charge in [-0.05, 0) is 36.4 Å². The predicted octanol–water partition coefficient (Wildman–Crippen LogP) is 4.27. The highest BCUT2D eigenvalue weighted by atomic mass is 16.6. The van der Waals surface area contributed by atoms with Gasteiger partial charge in [0.2, 0.25) is 0 Å². The van der Waals surface area contributed by atoms with Crippen LogP contribution in [0.1, 0.15) is 0 Å². The largest absolute Gasteiger partial charge is 0.271 e. The summed E-state index contributed by atoms with van der Waals surface area (Å²) in [4.78, 5) is 24.1. The third-order valence-electron chi connectivity index (χ3n) is 3.86. The molecule has 0 aliphatic carbocycles. The van der Waals surface area contributed by atoms with Crippen LogP contribution in [0.15, 0.2) is 73.1 Å². The van der Waals surface area contributed by atoms with Crippen LogP contribution in [0, 0.1) is 10.1 Å². The molecule has 25 heavy (non-hydrogen) atoms. The van der Waals surface area contributed by atoms with Crippen molar-refractivity contribution >= 4 is 16.6 Å². The summed E-state index contributed by atoms with van der Waals surface area (Å²) in [6.45, 7) is 0. The van der Waals surface area contributed by atoms with Gasteiger partial charge in [0, 0.05) is 35.5 Å². The molecule has 6 heteroatoms. The smallest absolute Gasteiger partial charge is 0.258 e. The quantitative estimate of drug-likeness (QED) is 0.414. The summed E-state index contributed by atoms with van der Waals surface area (Å²) in [7, 11) is 0. The van der Waals surface area contributed by atoms with Crippen LogP contribution in [0.25, 0.3) is 33.5 Å². The zero-order chi connectivity index (χ0) is 17.2. The number of aromatic nitrogens is 3. The lowest BCUT2D eigenvalue weighted by atomic mass is 10.0. The fraction of sp³-hybridized carbons (Fsp3) is 0. The average molecular weight is 328 g/mol. The van der Waals surface area contributed by atoms with E-state index in [1.807, 2.05) is 42.5 Å². The molecule has 0 unspecified atom stereocenters. The first-order valence-electron chi connectivity index (χ1n) is 7.64. The van der Waals surface area contributed by atoms with E-state index in [0.29, 0.717) is 16.9 Å². The number of rotatable bonds is 3. The van der Waals surface area contributed by atoms with E-state index >= 15 is 0 Å². The molecule has 1 aromatic carbocycles. The molecule has 0 bridgehead atoms. The fourth-order valence-corrected chi connectivity index (χ4v) is 2.68. The fourth-order valence-electron chi connectivity index (χ4n) is 2.68. The molecular weight excluding hydrogens is 316 g/mol. The molecule has 0 amide bonds. The van der Waals surface area contributed by atoms with Crippen molar-refractivity contribution < 1.29 is 4.92 Å². The number of pyridine rings is 3. The summed E-state index contributed by atoms with van der Waals surface area (Å²) in [6, 6.07) is 17.8. The Morgan fingerprint density at radius 1 is 0.840 bits per heavy atom. The molecule has 0 radical (unpaired) electrons. The van der Waals surface area contributed by atoms with Gasteiger partial charge in [-0.25, -0.2) is 4.98 Å². The molecule has 4 aromatic rings. The van der Waals surface area contributed by atoms with Crippen LogP contribution >= 0.6 is 0 Å². The van der Waals surface area contributed by atoms with E-state index in [4.69, 9.17) is 0 Å². The number of non-ortho nitro benzene ring substituents is 1. The number of nitro groups is 1. The van der Waals surface area contributed by atoms with Gasteiger partial charge >= 0.3 is 0 Å². The maximum Gasteiger partial charge on any atom is 0.271 e. The maximum absolute atomic E-state index is 11.0. The van der Waals surface area contributed by atoms with Crippen molar-refractivity contribution in [2.45, 2.75) is 0 Å². The topological polar surface area (TPSA) is 81.8 Å². The first kappa shape index (κ1) is 14.9. The Labute approximate surface area is 143 Å². The van der Waals surface area contributed by atoms with E-state index in [1.165, 1.54) is 12.1 Å². The molecule has 0 saturated carbocycles. The molecule has 0 spiro atoms. The number of fused-ring (bicyclic) bond motifs is 1. The second kappa shape index (κ2) is 6.09. The molecule has 0 aliphatic rings. The van der Waals surface area contributed by atoms with Crippen molar-refractivity contribution in [1.82, 2.24) is 15.0 Å². The lowest BCUT2D eigenvalue weighted by Crippen LogP contribution is -1.95. The van der Waals surface area contributed by atoms with Crippen LogP contribution in [0.3, 0.4) is 0 Å². The molecule has 120 valence electrons. The maximum atomic E-state index is 11.0. The zero-order valence-electron chi connectivity index (χ0n) is 13.0. The SMILES string of the molecule is O=[N+]([O-])c1ccc2cc(-c3ccccn3)c(-c3ccccn3)nc2c1. The van der Waals surface area contributed by atoms with Crippen LogP contribution in [-0.2, 0) is 0 Å². The van der Waals surface area contributed by atoms with Gasteiger partial charge in [0.05, 0.1) is 27.5 Å². The molecule has 4 rings (SSSR count). The van der Waals surface area contributed by atoms with Crippen molar-refractivity contribution in [2.75, 3.05) is 0 Å². The van der Waals surface area contributed by atoms with E-state index in [9.17, 15) is 10.1 Å². The third kappa shape index (κ3) is 2.81. The first-order valence-corrected chi connectivity index (χ1v) is 7.64. The van der Waals surface area contributed by atoms with Crippen LogP contribution in [-0.4, -0.2) is 19.9 Å². The van der Waals surface area contributed by atoms with Gasteiger partial charge in [-0.1, -0.05) is 12.1 Å². The Morgan fingerprint density at radius 3 is 2.20 bits per heavy atom. The van der Waals surface area contributed by atoms with Crippen LogP contribution < -0.4 is 0 Å². The summed E-state index contributed by atoms with van der Waals surface area (Å²) < 4.78 is 0. The molecule has 3 heterocycles. The summed E-state index contributed by atoms with van der Waals surface area (Å²) >= 11 is 0. The predicted molar refractivity (Wildman–Crippen MR) is 94.9 cm³/mol.